The molecule has 0 radical (unpaired) electrons. The summed E-state index contributed by atoms with van der Waals surface area (Å²) in [4.78, 5) is 1.89. The standard InChI is InChI=1S/C4H9.C2H3.CHN.Cu/c1-3-4-2;2*1-2;/h1,3-4H2,2H3;1H,2H2;1H;. The van der Waals surface area contributed by atoms with E-state index in [-0.39, 0.29) is 0 Å². The fourth-order valence-electron chi connectivity index (χ4n) is 0.230. The molecule has 0 spiro atoms. The Morgan fingerprint density at radius 3 is 2.56 bits per heavy atom. The van der Waals surface area contributed by atoms with Crippen LogP contribution in [0.4, 0.5) is 0 Å². The van der Waals surface area contributed by atoms with Gasteiger partial charge in [0, 0.05) is 6.57 Å². The topological polar surface area (TPSA) is 23.8 Å². The Hall–Kier alpha value is -0.251. The molecule has 1 nitrogen and oxygen atoms in total. The molecule has 0 bridgehead atoms. The zero-order chi connectivity index (χ0) is 7.54. The second-order valence-corrected chi connectivity index (χ2v) is 2.49. The Bertz CT molecular complexity index is 68.6. The molecule has 0 aromatic rings. The molecule has 0 N–H and O–H groups in total. The maximum atomic E-state index is 6.50. The van der Waals surface area contributed by atoms with Gasteiger partial charge in [0.15, 0.2) is 0 Å². The van der Waals surface area contributed by atoms with Gasteiger partial charge in [-0.3, -0.25) is 0 Å². The van der Waals surface area contributed by atoms with Crippen molar-refractivity contribution >= 4 is 0 Å². The minimum absolute atomic E-state index is 1.23. The Kier molecular flexibility index (Phi) is 20.1. The van der Waals surface area contributed by atoms with Crippen LogP contribution in [0.5, 0.6) is 0 Å². The van der Waals surface area contributed by atoms with E-state index < -0.39 is 0 Å². The van der Waals surface area contributed by atoms with Crippen molar-refractivity contribution in [1.82, 2.24) is 0 Å². The summed E-state index contributed by atoms with van der Waals surface area (Å²) in [6.45, 7) is 9.29. The van der Waals surface area contributed by atoms with Crippen molar-refractivity contribution in [3.05, 3.63) is 11.6 Å². The molecular weight excluding hydrogens is 162 g/mol. The van der Waals surface area contributed by atoms with Gasteiger partial charge >= 0.3 is 51.6 Å². The van der Waals surface area contributed by atoms with E-state index in [1.54, 1.807) is 0 Å². The number of nitrogens with zero attached hydrogens (tertiary/aromatic N) is 1. The monoisotopic (exact) mass is 174 g/mol. The quantitative estimate of drug-likeness (QED) is 0.475. The molecule has 0 amide bonds. The molecule has 0 unspecified atom stereocenters. The molecule has 0 aliphatic rings. The molecular formula is C7H13CuN. The van der Waals surface area contributed by atoms with Crippen molar-refractivity contribution in [2.75, 3.05) is 0 Å². The van der Waals surface area contributed by atoms with Crippen LogP contribution in [-0.2, 0) is 15.0 Å². The summed E-state index contributed by atoms with van der Waals surface area (Å²) in [6.07, 6.45) is 2.60. The summed E-state index contributed by atoms with van der Waals surface area (Å²) in [6, 6.07) is 0. The second kappa shape index (κ2) is 15.7. The number of rotatable bonds is 4. The fourth-order valence-corrected chi connectivity index (χ4v) is 0.947. The third-order valence-electron chi connectivity index (χ3n) is 0.634. The van der Waals surface area contributed by atoms with Gasteiger partial charge in [-0.15, -0.1) is 0 Å². The van der Waals surface area contributed by atoms with Crippen molar-refractivity contribution < 1.29 is 15.0 Å². The van der Waals surface area contributed by atoms with Crippen molar-refractivity contribution in [1.29, 1.82) is 5.26 Å². The van der Waals surface area contributed by atoms with E-state index in [1.165, 1.54) is 18.2 Å². The van der Waals surface area contributed by atoms with Crippen molar-refractivity contribution in [3.8, 4) is 6.57 Å². The Balaban J connectivity index is 0. The normalized spacial score (nSPS) is 7.44. The van der Waals surface area contributed by atoms with Crippen LogP contribution in [0.2, 0.25) is 5.32 Å². The SMILES string of the molecule is C#N.C=[CH][Cu][CH2]CCC. The van der Waals surface area contributed by atoms with Gasteiger partial charge in [-0.1, -0.05) is 0 Å². The number of nitriles is 1. The van der Waals surface area contributed by atoms with Crippen LogP contribution in [0.3, 0.4) is 0 Å². The van der Waals surface area contributed by atoms with Crippen LogP contribution in [-0.4, -0.2) is 0 Å². The van der Waals surface area contributed by atoms with Gasteiger partial charge in [0.1, 0.15) is 0 Å². The van der Waals surface area contributed by atoms with E-state index in [0.717, 1.165) is 0 Å². The van der Waals surface area contributed by atoms with E-state index in [4.69, 9.17) is 5.26 Å². The molecule has 0 fully saturated rings. The van der Waals surface area contributed by atoms with Crippen LogP contribution in [0.25, 0.3) is 0 Å². The van der Waals surface area contributed by atoms with Crippen LogP contribution < -0.4 is 0 Å². The van der Waals surface area contributed by atoms with Crippen LogP contribution >= 0.6 is 0 Å². The molecule has 0 aromatic heterocycles. The molecule has 0 aliphatic carbocycles. The van der Waals surface area contributed by atoms with Crippen molar-refractivity contribution in [2.45, 2.75) is 25.1 Å². The summed E-state index contributed by atoms with van der Waals surface area (Å²) < 4.78 is 0. The van der Waals surface area contributed by atoms with E-state index >= 15 is 0 Å². The first kappa shape index (κ1) is 11.5. The molecule has 0 heterocycles. The van der Waals surface area contributed by atoms with Gasteiger partial charge in [-0.05, 0) is 0 Å². The van der Waals surface area contributed by atoms with Crippen molar-refractivity contribution in [2.24, 2.45) is 0 Å². The minimum atomic E-state index is 1.23. The van der Waals surface area contributed by atoms with E-state index in [1.807, 2.05) is 19.9 Å². The molecule has 2 heteroatoms. The van der Waals surface area contributed by atoms with Crippen LogP contribution in [0.1, 0.15) is 19.8 Å². The van der Waals surface area contributed by atoms with E-state index in [9.17, 15) is 0 Å². The Labute approximate surface area is 63.9 Å². The molecule has 0 rings (SSSR count). The number of hydrogen-bond donors (Lipinski definition) is 0. The fraction of sp³-hybridized carbons (Fsp3) is 0.571. The van der Waals surface area contributed by atoms with Crippen LogP contribution in [0.15, 0.2) is 11.6 Å². The molecule has 0 saturated heterocycles. The molecule has 0 aromatic carbocycles. The zero-order valence-corrected chi connectivity index (χ0v) is 6.67. The number of unbranched alkanes of at least 4 members (excludes halogenated alkanes) is 1. The first-order chi connectivity index (χ1) is 4.41. The van der Waals surface area contributed by atoms with Gasteiger partial charge in [0.2, 0.25) is 0 Å². The zero-order valence-electron chi connectivity index (χ0n) is 5.73. The predicted octanol–water partition coefficient (Wildman–Crippen LogP) is 2.57. The van der Waals surface area contributed by atoms with E-state index in [0.29, 0.717) is 0 Å². The first-order valence-corrected chi connectivity index (χ1v) is 3.97. The van der Waals surface area contributed by atoms with Gasteiger partial charge < -0.3 is 0 Å². The second-order valence-electron chi connectivity index (χ2n) is 1.25. The average molecular weight is 175 g/mol. The predicted molar refractivity (Wildman–Crippen MR) is 36.6 cm³/mol. The Morgan fingerprint density at radius 2 is 2.22 bits per heavy atom. The maximum absolute atomic E-state index is 6.50. The molecule has 9 heavy (non-hydrogen) atoms. The first-order valence-electron chi connectivity index (χ1n) is 2.76. The van der Waals surface area contributed by atoms with Gasteiger partial charge in [-0.2, -0.15) is 0 Å². The Morgan fingerprint density at radius 1 is 1.67 bits per heavy atom. The summed E-state index contributed by atoms with van der Waals surface area (Å²) in [5.41, 5.74) is 0. The average Bonchev–Trinajstić information content (AvgIpc) is 1.94. The third-order valence-corrected chi connectivity index (χ3v) is 1.51. The van der Waals surface area contributed by atoms with Gasteiger partial charge in [-0.25, -0.2) is 5.26 Å². The summed E-state index contributed by atoms with van der Waals surface area (Å²) >= 11 is 1.87. The van der Waals surface area contributed by atoms with Crippen LogP contribution in [0, 0.1) is 11.8 Å². The summed E-state index contributed by atoms with van der Waals surface area (Å²) in [7, 11) is 0. The molecule has 0 aliphatic heterocycles. The molecule has 57 valence electrons. The molecule has 0 saturated carbocycles. The summed E-state index contributed by atoms with van der Waals surface area (Å²) in [5.74, 6) is 0. The summed E-state index contributed by atoms with van der Waals surface area (Å²) in [5, 5.41) is 7.73. The number of hydrogen-bond acceptors (Lipinski definition) is 1. The van der Waals surface area contributed by atoms with Gasteiger partial charge in [0.05, 0.1) is 0 Å². The molecule has 0 atom stereocenters. The third kappa shape index (κ3) is 18.2. The van der Waals surface area contributed by atoms with Crippen molar-refractivity contribution in [3.63, 3.8) is 0 Å². The van der Waals surface area contributed by atoms with E-state index in [2.05, 4.69) is 20.1 Å². The van der Waals surface area contributed by atoms with Gasteiger partial charge in [0.25, 0.3) is 0 Å².